The Morgan fingerprint density at radius 1 is 1.15 bits per heavy atom. The van der Waals surface area contributed by atoms with Crippen LogP contribution in [0.2, 0.25) is 0 Å². The summed E-state index contributed by atoms with van der Waals surface area (Å²) in [5.41, 5.74) is 10.7. The number of carbonyl (C=O) groups is 2. The first-order chi connectivity index (χ1) is 16.5. The van der Waals surface area contributed by atoms with Gasteiger partial charge in [-0.25, -0.2) is 5.48 Å². The highest BCUT2D eigenvalue weighted by molar-refractivity contribution is 5.97. The molecule has 2 aromatic rings. The average Bonchev–Trinajstić information content (AvgIpc) is 2.86. The SMILES string of the molecule is C[C@@H](N)[C@H](NC(=O)c1ccc(C#C/C=C/c2ccc(CN3CCOCC3)cc2)cc1)C(=O)NO. The largest absolute Gasteiger partial charge is 0.379 e. The van der Waals surface area contributed by atoms with E-state index in [1.54, 1.807) is 37.3 Å². The number of nitrogens with one attached hydrogen (secondary N) is 2. The van der Waals surface area contributed by atoms with Crippen molar-refractivity contribution >= 4 is 17.9 Å². The van der Waals surface area contributed by atoms with Crippen LogP contribution in [0.3, 0.4) is 0 Å². The zero-order valence-corrected chi connectivity index (χ0v) is 19.2. The zero-order valence-electron chi connectivity index (χ0n) is 19.2. The molecule has 178 valence electrons. The van der Waals surface area contributed by atoms with Crippen LogP contribution in [0.1, 0.15) is 34.0 Å². The second kappa shape index (κ2) is 12.7. The molecule has 1 aliphatic heterocycles. The summed E-state index contributed by atoms with van der Waals surface area (Å²) < 4.78 is 5.39. The van der Waals surface area contributed by atoms with Gasteiger partial charge < -0.3 is 15.8 Å². The number of amides is 2. The van der Waals surface area contributed by atoms with Crippen LogP contribution in [-0.2, 0) is 16.1 Å². The molecule has 0 radical (unpaired) electrons. The molecule has 8 nitrogen and oxygen atoms in total. The van der Waals surface area contributed by atoms with Crippen molar-refractivity contribution in [1.82, 2.24) is 15.7 Å². The van der Waals surface area contributed by atoms with E-state index >= 15 is 0 Å². The highest BCUT2D eigenvalue weighted by Gasteiger charge is 2.24. The van der Waals surface area contributed by atoms with E-state index in [4.69, 9.17) is 15.7 Å². The minimum atomic E-state index is -1.05. The Morgan fingerprint density at radius 2 is 1.82 bits per heavy atom. The molecule has 0 aromatic heterocycles. The van der Waals surface area contributed by atoms with Gasteiger partial charge in [0.15, 0.2) is 0 Å². The van der Waals surface area contributed by atoms with E-state index in [1.165, 1.54) is 11.0 Å². The zero-order chi connectivity index (χ0) is 24.3. The van der Waals surface area contributed by atoms with Gasteiger partial charge >= 0.3 is 0 Å². The van der Waals surface area contributed by atoms with Crippen LogP contribution in [0.25, 0.3) is 6.08 Å². The normalized spacial score (nSPS) is 15.7. The predicted octanol–water partition coefficient (Wildman–Crippen LogP) is 1.53. The van der Waals surface area contributed by atoms with Crippen LogP contribution < -0.4 is 16.5 Å². The summed E-state index contributed by atoms with van der Waals surface area (Å²) >= 11 is 0. The second-order valence-corrected chi connectivity index (χ2v) is 8.10. The molecule has 2 amide bonds. The van der Waals surface area contributed by atoms with Gasteiger partial charge in [-0.3, -0.25) is 19.7 Å². The van der Waals surface area contributed by atoms with Crippen molar-refractivity contribution in [1.29, 1.82) is 0 Å². The van der Waals surface area contributed by atoms with E-state index in [9.17, 15) is 9.59 Å². The Labute approximate surface area is 199 Å². The van der Waals surface area contributed by atoms with Gasteiger partial charge in [0.2, 0.25) is 0 Å². The molecular weight excluding hydrogens is 432 g/mol. The molecule has 1 heterocycles. The van der Waals surface area contributed by atoms with Crippen molar-refractivity contribution in [3.8, 4) is 11.8 Å². The number of morpholine rings is 1. The number of hydrogen-bond donors (Lipinski definition) is 4. The monoisotopic (exact) mass is 462 g/mol. The molecule has 8 heteroatoms. The van der Waals surface area contributed by atoms with Crippen LogP contribution in [0.5, 0.6) is 0 Å². The molecule has 0 aliphatic carbocycles. The van der Waals surface area contributed by atoms with Gasteiger partial charge in [0.1, 0.15) is 6.04 Å². The van der Waals surface area contributed by atoms with E-state index in [0.717, 1.165) is 44.0 Å². The highest BCUT2D eigenvalue weighted by Crippen LogP contribution is 2.10. The summed E-state index contributed by atoms with van der Waals surface area (Å²) in [4.78, 5) is 26.4. The van der Waals surface area contributed by atoms with Crippen LogP contribution in [0.15, 0.2) is 54.6 Å². The summed E-state index contributed by atoms with van der Waals surface area (Å²) in [6, 6.07) is 13.4. The van der Waals surface area contributed by atoms with Gasteiger partial charge in [-0.05, 0) is 54.5 Å². The smallest absolute Gasteiger partial charge is 0.267 e. The van der Waals surface area contributed by atoms with E-state index in [1.807, 2.05) is 6.08 Å². The molecule has 1 aliphatic rings. The van der Waals surface area contributed by atoms with Crippen molar-refractivity contribution in [3.63, 3.8) is 0 Å². The molecule has 0 unspecified atom stereocenters. The topological polar surface area (TPSA) is 117 Å². The van der Waals surface area contributed by atoms with Crippen LogP contribution in [0, 0.1) is 11.8 Å². The Bertz CT molecular complexity index is 1050. The molecule has 0 bridgehead atoms. The maximum atomic E-state index is 12.4. The Balaban J connectivity index is 1.53. The molecule has 2 aromatic carbocycles. The van der Waals surface area contributed by atoms with Gasteiger partial charge in [-0.15, -0.1) is 0 Å². The lowest BCUT2D eigenvalue weighted by atomic mass is 10.1. The number of hydrogen-bond acceptors (Lipinski definition) is 6. The lowest BCUT2D eigenvalue weighted by molar-refractivity contribution is -0.131. The lowest BCUT2D eigenvalue weighted by Gasteiger charge is -2.26. The van der Waals surface area contributed by atoms with Gasteiger partial charge in [0, 0.05) is 36.8 Å². The third-order valence-corrected chi connectivity index (χ3v) is 5.42. The first kappa shape index (κ1) is 25.1. The second-order valence-electron chi connectivity index (χ2n) is 8.10. The molecule has 0 spiro atoms. The van der Waals surface area contributed by atoms with Crippen molar-refractivity contribution < 1.29 is 19.5 Å². The minimum absolute atomic E-state index is 0.356. The Morgan fingerprint density at radius 3 is 2.44 bits per heavy atom. The summed E-state index contributed by atoms with van der Waals surface area (Å²) in [5.74, 6) is 4.78. The van der Waals surface area contributed by atoms with Crippen molar-refractivity contribution in [3.05, 3.63) is 76.9 Å². The average molecular weight is 463 g/mol. The van der Waals surface area contributed by atoms with Crippen LogP contribution >= 0.6 is 0 Å². The maximum Gasteiger partial charge on any atom is 0.267 e. The fourth-order valence-corrected chi connectivity index (χ4v) is 3.45. The Hall–Kier alpha value is -3.48. The lowest BCUT2D eigenvalue weighted by Crippen LogP contribution is -2.54. The van der Waals surface area contributed by atoms with Gasteiger partial charge in [0.05, 0.1) is 13.2 Å². The fraction of sp³-hybridized carbons (Fsp3) is 0.308. The van der Waals surface area contributed by atoms with Gasteiger partial charge in [-0.2, -0.15) is 0 Å². The summed E-state index contributed by atoms with van der Waals surface area (Å²) in [6.45, 7) is 6.03. The van der Waals surface area contributed by atoms with E-state index in [2.05, 4.69) is 46.3 Å². The quantitative estimate of drug-likeness (QED) is 0.282. The summed E-state index contributed by atoms with van der Waals surface area (Å²) in [6.07, 6.45) is 3.74. The molecule has 1 saturated heterocycles. The molecule has 3 rings (SSSR count). The Kier molecular flexibility index (Phi) is 9.38. The number of benzene rings is 2. The molecule has 5 N–H and O–H groups in total. The van der Waals surface area contributed by atoms with Crippen molar-refractivity contribution in [2.75, 3.05) is 26.3 Å². The van der Waals surface area contributed by atoms with E-state index < -0.39 is 23.9 Å². The van der Waals surface area contributed by atoms with Gasteiger partial charge in [0.25, 0.3) is 11.8 Å². The van der Waals surface area contributed by atoms with Gasteiger partial charge in [-0.1, -0.05) is 36.1 Å². The van der Waals surface area contributed by atoms with Crippen molar-refractivity contribution in [2.45, 2.75) is 25.6 Å². The third kappa shape index (κ3) is 7.54. The minimum Gasteiger partial charge on any atom is -0.379 e. The maximum absolute atomic E-state index is 12.4. The summed E-state index contributed by atoms with van der Waals surface area (Å²) in [5, 5.41) is 11.3. The number of carbonyl (C=O) groups excluding carboxylic acids is 2. The standard InChI is InChI=1S/C26H30N4O4/c1-19(27)24(26(32)29-33)28-25(31)23-12-10-21(11-13-23)5-3-2-4-20-6-8-22(9-7-20)18-30-14-16-34-17-15-30/h2,4,6-13,19,24,33H,14-18,27H2,1H3,(H,28,31)(H,29,32)/b4-2+/t19-,24+/m1/s1. The number of nitrogens with zero attached hydrogens (tertiary/aromatic N) is 1. The number of nitrogens with two attached hydrogens (primary N) is 1. The number of rotatable bonds is 7. The summed E-state index contributed by atoms with van der Waals surface area (Å²) in [7, 11) is 0. The highest BCUT2D eigenvalue weighted by atomic mass is 16.5. The molecule has 0 saturated carbocycles. The van der Waals surface area contributed by atoms with Crippen molar-refractivity contribution in [2.24, 2.45) is 5.73 Å². The van der Waals surface area contributed by atoms with Crippen LogP contribution in [0.4, 0.5) is 0 Å². The first-order valence-corrected chi connectivity index (χ1v) is 11.1. The number of hydroxylamine groups is 1. The third-order valence-electron chi connectivity index (χ3n) is 5.42. The molecule has 34 heavy (non-hydrogen) atoms. The predicted molar refractivity (Wildman–Crippen MR) is 130 cm³/mol. The van der Waals surface area contributed by atoms with E-state index in [0.29, 0.717) is 5.56 Å². The van der Waals surface area contributed by atoms with E-state index in [-0.39, 0.29) is 0 Å². The number of ether oxygens (including phenoxy) is 1. The number of allylic oxidation sites excluding steroid dienone is 1. The molecule has 1 fully saturated rings. The fourth-order valence-electron chi connectivity index (χ4n) is 3.45. The molecular formula is C26H30N4O4. The first-order valence-electron chi connectivity index (χ1n) is 11.1. The molecule has 2 atom stereocenters. The van der Waals surface area contributed by atoms with Crippen LogP contribution in [-0.4, -0.2) is 60.3 Å².